The molecule has 230 valence electrons. The number of hydrogen-bond acceptors (Lipinski definition) is 8. The summed E-state index contributed by atoms with van der Waals surface area (Å²) in [6.45, 7) is 14.3. The fourth-order valence-corrected chi connectivity index (χ4v) is 4.83. The number of pyridine rings is 1. The monoisotopic (exact) mass is 710 g/mol. The first kappa shape index (κ1) is 37.3. The number of methoxy groups -OCH3 is 1. The first-order valence-electron chi connectivity index (χ1n) is 13.7. The smallest absolute Gasteiger partial charge is 0.237 e. The third-order valence-electron chi connectivity index (χ3n) is 6.01. The molecule has 0 unspecified atom stereocenters. The Bertz CT molecular complexity index is 1280. The number of aromatic amines is 1. The molecule has 2 aliphatic rings. The second kappa shape index (κ2) is 21.0. The fraction of sp³-hybridized carbons (Fsp3) is 0.452. The molecule has 1 saturated carbocycles. The highest BCUT2D eigenvalue weighted by Gasteiger charge is 2.28. The van der Waals surface area contributed by atoms with Gasteiger partial charge in [-0.3, -0.25) is 12.7 Å². The summed E-state index contributed by atoms with van der Waals surface area (Å²) in [6.07, 6.45) is 12.5. The van der Waals surface area contributed by atoms with Crippen LogP contribution in [0.1, 0.15) is 58.1 Å². The number of rotatable bonds is 8. The Balaban J connectivity index is 0.000000351. The summed E-state index contributed by atoms with van der Waals surface area (Å²) < 4.78 is 14.5. The molecule has 2 fully saturated rings. The molecule has 1 saturated heterocycles. The van der Waals surface area contributed by atoms with Crippen LogP contribution in [-0.2, 0) is 12.6 Å². The molecule has 11 heteroatoms. The lowest BCUT2D eigenvalue weighted by molar-refractivity contribution is -0.122. The van der Waals surface area contributed by atoms with Crippen molar-refractivity contribution in [3.05, 3.63) is 58.7 Å². The molecule has 9 nitrogen and oxygen atoms in total. The number of aromatic nitrogens is 2. The third kappa shape index (κ3) is 12.6. The summed E-state index contributed by atoms with van der Waals surface area (Å²) in [5.41, 5.74) is 2.54. The lowest BCUT2D eigenvalue weighted by Gasteiger charge is -2.09. The Morgan fingerprint density at radius 3 is 2.45 bits per heavy atom. The van der Waals surface area contributed by atoms with Gasteiger partial charge in [-0.2, -0.15) is 0 Å². The molecule has 3 aromatic rings. The van der Waals surface area contributed by atoms with E-state index in [4.69, 9.17) is 9.47 Å². The molecule has 3 heterocycles. The van der Waals surface area contributed by atoms with Gasteiger partial charge in [0.1, 0.15) is 33.8 Å². The summed E-state index contributed by atoms with van der Waals surface area (Å²) in [5.74, 6) is 1.31. The van der Waals surface area contributed by atoms with Crippen molar-refractivity contribution in [3.63, 3.8) is 0 Å². The Kier molecular flexibility index (Phi) is 18.6. The largest absolute Gasteiger partial charge is 0.497 e. The predicted molar refractivity (Wildman–Crippen MR) is 181 cm³/mol. The number of ether oxygens (including phenoxy) is 2. The molecule has 1 aliphatic carbocycles. The van der Waals surface area contributed by atoms with Crippen LogP contribution in [0.5, 0.6) is 5.75 Å². The van der Waals surface area contributed by atoms with E-state index in [0.29, 0.717) is 24.1 Å². The second-order valence-corrected chi connectivity index (χ2v) is 10.8. The summed E-state index contributed by atoms with van der Waals surface area (Å²) in [7, 11) is 1.61. The van der Waals surface area contributed by atoms with Crippen LogP contribution in [0.25, 0.3) is 21.6 Å². The van der Waals surface area contributed by atoms with Crippen LogP contribution in [0.2, 0.25) is 0 Å². The maximum Gasteiger partial charge on any atom is 0.237 e. The minimum atomic E-state index is -0.0114. The minimum absolute atomic E-state index is 0.0114. The van der Waals surface area contributed by atoms with E-state index in [0.717, 1.165) is 53.7 Å². The number of benzene rings is 1. The van der Waals surface area contributed by atoms with Crippen LogP contribution in [0.4, 0.5) is 0 Å². The van der Waals surface area contributed by atoms with E-state index in [9.17, 15) is 9.59 Å². The number of hydrogen-bond donors (Lipinski definition) is 3. The lowest BCUT2D eigenvalue weighted by atomic mass is 10.1. The molecule has 0 radical (unpaired) electrons. The molecule has 42 heavy (non-hydrogen) atoms. The van der Waals surface area contributed by atoms with Gasteiger partial charge in [0.25, 0.3) is 0 Å². The van der Waals surface area contributed by atoms with Crippen LogP contribution in [0.3, 0.4) is 0 Å². The van der Waals surface area contributed by atoms with E-state index < -0.39 is 0 Å². The van der Waals surface area contributed by atoms with Gasteiger partial charge in [-0.05, 0) is 57.2 Å². The summed E-state index contributed by atoms with van der Waals surface area (Å²) in [6, 6.07) is 7.62. The van der Waals surface area contributed by atoms with Crippen molar-refractivity contribution in [2.24, 2.45) is 0 Å². The minimum Gasteiger partial charge on any atom is -0.497 e. The van der Waals surface area contributed by atoms with E-state index >= 15 is 0 Å². The summed E-state index contributed by atoms with van der Waals surface area (Å²) in [4.78, 5) is 31.4. The topological polar surface area (TPSA) is 115 Å². The van der Waals surface area contributed by atoms with Crippen molar-refractivity contribution in [2.45, 2.75) is 64.5 Å². The van der Waals surface area contributed by atoms with Gasteiger partial charge in [0, 0.05) is 35.5 Å². The zero-order valence-electron chi connectivity index (χ0n) is 24.9. The second-order valence-electron chi connectivity index (χ2n) is 9.34. The highest BCUT2D eigenvalue weighted by atomic mass is 127. The number of amides is 1. The van der Waals surface area contributed by atoms with Gasteiger partial charge in [-0.25, -0.2) is 4.98 Å². The predicted octanol–water partition coefficient (Wildman–Crippen LogP) is 6.20. The van der Waals surface area contributed by atoms with Gasteiger partial charge >= 0.3 is 0 Å². The average Bonchev–Trinajstić information content (AvgIpc) is 3.44. The molecule has 0 bridgehead atoms. The maximum absolute atomic E-state index is 12.2. The molecule has 1 amide bonds. The zero-order chi connectivity index (χ0) is 31.5. The average molecular weight is 711 g/mol. The first-order chi connectivity index (χ1) is 20.4. The number of thiazole rings is 1. The lowest BCUT2D eigenvalue weighted by Crippen LogP contribution is -2.41. The molecule has 3 N–H and O–H groups in total. The highest BCUT2D eigenvalue weighted by Crippen LogP contribution is 2.26. The molecule has 1 aliphatic heterocycles. The maximum atomic E-state index is 12.2. The molecule has 1 aromatic carbocycles. The Hall–Kier alpha value is -2.76. The Labute approximate surface area is 267 Å². The Morgan fingerprint density at radius 2 is 1.95 bits per heavy atom. The number of H-pyrrole nitrogens is 1. The molecule has 5 rings (SSSR count). The van der Waals surface area contributed by atoms with Gasteiger partial charge in [-0.15, -0.1) is 37.3 Å². The van der Waals surface area contributed by atoms with Crippen molar-refractivity contribution in [1.29, 1.82) is 0 Å². The standard InChI is InChI=1S/C16H16N2O2S.C8H14N2O.C3H7IO2.C2H4.C2H2/c1-9(2)14-8-21-16(18-14)13-7-15(19)11-5-4-10(20-3)6-12(11)17-13;11-8(10-6-3-4-6)7-2-1-5-9-7;1-2-5-3-6-4;2*1-2/h4-9H,1-3H3,(H,17,19);6-7,9H,1-5H2,(H,10,11);2-3H2,1H3;1-2H2;1-2H/t;7-;;;/m.0.../s1. The van der Waals surface area contributed by atoms with Crippen LogP contribution in [0.15, 0.2) is 47.6 Å². The number of fused-ring (bicyclic) bond motifs is 1. The molecule has 1 atom stereocenters. The van der Waals surface area contributed by atoms with Gasteiger partial charge in [0.2, 0.25) is 5.91 Å². The number of nitrogens with one attached hydrogen (secondary N) is 3. The van der Waals surface area contributed by atoms with Gasteiger partial charge < -0.3 is 25.1 Å². The van der Waals surface area contributed by atoms with Crippen molar-refractivity contribution < 1.29 is 17.3 Å². The van der Waals surface area contributed by atoms with E-state index in [1.54, 1.807) is 59.7 Å². The van der Waals surface area contributed by atoms with E-state index in [1.165, 1.54) is 12.8 Å². The first-order valence-corrected chi connectivity index (χ1v) is 15.5. The summed E-state index contributed by atoms with van der Waals surface area (Å²) >= 11 is 3.33. The van der Waals surface area contributed by atoms with E-state index in [2.05, 4.69) is 63.5 Å². The van der Waals surface area contributed by atoms with Gasteiger partial charge in [0.15, 0.2) is 12.2 Å². The normalized spacial score (nSPS) is 15.0. The van der Waals surface area contributed by atoms with Crippen LogP contribution < -0.4 is 20.8 Å². The van der Waals surface area contributed by atoms with Gasteiger partial charge in [0.05, 0.1) is 30.1 Å². The van der Waals surface area contributed by atoms with Crippen molar-refractivity contribution in [3.8, 4) is 29.3 Å². The molecule has 2 aromatic heterocycles. The number of terminal acetylenes is 1. The zero-order valence-corrected chi connectivity index (χ0v) is 27.9. The molecular formula is C31H43IN4O5S. The van der Waals surface area contributed by atoms with Crippen LogP contribution in [-0.4, -0.2) is 55.0 Å². The third-order valence-corrected chi connectivity index (χ3v) is 7.16. The van der Waals surface area contributed by atoms with Crippen LogP contribution in [0, 0.1) is 12.8 Å². The van der Waals surface area contributed by atoms with Crippen molar-refractivity contribution in [1.82, 2.24) is 20.6 Å². The highest BCUT2D eigenvalue weighted by molar-refractivity contribution is 14.1. The number of nitrogens with zero attached hydrogens (tertiary/aromatic N) is 1. The van der Waals surface area contributed by atoms with E-state index in [1.807, 2.05) is 18.4 Å². The molecule has 0 spiro atoms. The van der Waals surface area contributed by atoms with Crippen molar-refractivity contribution >= 4 is 51.2 Å². The van der Waals surface area contributed by atoms with Crippen LogP contribution >= 0.6 is 34.3 Å². The quantitative estimate of drug-likeness (QED) is 0.0839. The fourth-order valence-electron chi connectivity index (χ4n) is 3.70. The summed E-state index contributed by atoms with van der Waals surface area (Å²) in [5, 5.41) is 9.69. The number of carbonyl (C=O) groups is 1. The molecular weight excluding hydrogens is 667 g/mol. The van der Waals surface area contributed by atoms with Crippen molar-refractivity contribution in [2.75, 3.05) is 27.1 Å². The number of halogens is 1. The SMILES string of the molecule is C#C.C=C.CCOCOI.COc1ccc2c(=O)cc(-c3nc(C(C)C)cs3)[nH]c2c1.O=C(NC1CC1)[C@@H]1CCCN1. The number of carbonyl (C=O) groups excluding carboxylic acids is 1. The van der Waals surface area contributed by atoms with E-state index in [-0.39, 0.29) is 17.4 Å². The Morgan fingerprint density at radius 1 is 1.24 bits per heavy atom. The van der Waals surface area contributed by atoms with Gasteiger partial charge in [-0.1, -0.05) is 13.8 Å².